The van der Waals surface area contributed by atoms with Crippen molar-refractivity contribution in [1.29, 1.82) is 0 Å². The molecule has 30 heteroatoms. The molecule has 0 saturated heterocycles. The van der Waals surface area contributed by atoms with Crippen LogP contribution >= 0.6 is 63.1 Å². The van der Waals surface area contributed by atoms with Gasteiger partial charge in [-0.15, -0.1) is 0 Å². The predicted octanol–water partition coefficient (Wildman–Crippen LogP) is -3.74. The van der Waals surface area contributed by atoms with Gasteiger partial charge in [-0.05, 0) is 80.3 Å². The van der Waals surface area contributed by atoms with E-state index in [9.17, 15) is 47.9 Å². The third-order valence-corrected chi connectivity index (χ3v) is 9.76. The monoisotopic (exact) mass is 1420 g/mol. The van der Waals surface area contributed by atoms with Crippen molar-refractivity contribution in [2.75, 3.05) is 78.1 Å². The Balaban J connectivity index is -0.0000000759. The van der Waals surface area contributed by atoms with Crippen molar-refractivity contribution in [2.24, 2.45) is 0 Å². The van der Waals surface area contributed by atoms with Gasteiger partial charge in [0.1, 0.15) is 6.04 Å². The average molecular weight is 1420 g/mol. The molecule has 8 N–H and O–H groups in total. The molecule has 10 unspecified atom stereocenters. The number of carbonyl (C=O) groups is 5. The Kier molecular flexibility index (Phi) is 84.5. The summed E-state index contributed by atoms with van der Waals surface area (Å²) in [6, 6.07) is -4.72. The van der Waals surface area contributed by atoms with Crippen LogP contribution in [0.4, 0.5) is 0 Å². The fourth-order valence-electron chi connectivity index (χ4n) is 3.25. The second-order valence-corrected chi connectivity index (χ2v) is 14.7. The van der Waals surface area contributed by atoms with Crippen LogP contribution in [-0.4, -0.2) is 209 Å². The summed E-state index contributed by atoms with van der Waals surface area (Å²) in [5.41, 5.74) is 0. The van der Waals surface area contributed by atoms with E-state index in [4.69, 9.17) is 0 Å². The summed E-state index contributed by atoms with van der Waals surface area (Å²) >= 11 is 19.7. The third-order valence-electron chi connectivity index (χ3n) is 7.96. The van der Waals surface area contributed by atoms with Crippen molar-refractivity contribution in [3.05, 3.63) is 0 Å². The molecule has 0 saturated carbocycles. The van der Waals surface area contributed by atoms with E-state index in [-0.39, 0.29) is 223 Å². The van der Waals surface area contributed by atoms with Crippen molar-refractivity contribution in [3.63, 3.8) is 0 Å². The van der Waals surface area contributed by atoms with Crippen LogP contribution in [0.15, 0.2) is 0 Å². The molecule has 10 atom stereocenters. The molecule has 0 rings (SSSR count). The van der Waals surface area contributed by atoms with Crippen LogP contribution in [-0.2, 0) is 211 Å². The fourth-order valence-corrected chi connectivity index (χ4v) is 4.60. The fraction of sp³-hybridized carbons (Fsp3) is 0.730. The summed E-state index contributed by atoms with van der Waals surface area (Å²) in [4.78, 5) is 111. The number of rotatable bonds is 25. The van der Waals surface area contributed by atoms with Crippen molar-refractivity contribution >= 4 is 124 Å². The molecular weight excluding hydrogens is 1350 g/mol. The first-order valence-electron chi connectivity index (χ1n) is 18.8. The molecule has 0 aliphatic carbocycles. The zero-order valence-electron chi connectivity index (χ0n) is 40.4. The standard InChI is InChI=1S/C10H18N3O3S.C9H17N2O2S.2C7H13N2O2S.C4H8NOS.5Y/c1-6(4-14)12-10(16)8(5-17)13-9(15)7(2)11-3;1-7(10(2)3)9(13)11(4)8(5-12)6-14;1-5(8-2)7(11)9-6(3-10)4-12;1-5(3-10)9-7(11)6(4-12)8-2;1-5-4(2-6)3-7;;;;;/h6-8,11,17H,5H2,1-3H3,(H,12,16)(H,13,15);7-8,14H,6H2,1-4H3;2*5-6,8,12H,4H2,1-2H3,(H,9,11);4-5,7H,3H2,1H3;;;;;/q5*-1;;;;;. The number of amides is 5. The van der Waals surface area contributed by atoms with Crippen LogP contribution < -0.4 is 42.5 Å². The van der Waals surface area contributed by atoms with Crippen LogP contribution in [0.1, 0.15) is 34.6 Å². The molecule has 0 spiro atoms. The zero-order chi connectivity index (χ0) is 49.5. The maximum Gasteiger partial charge on any atom is 0.241 e. The molecule has 20 nitrogen and oxygen atoms in total. The zero-order valence-corrected chi connectivity index (χ0v) is 59.1. The van der Waals surface area contributed by atoms with Crippen LogP contribution in [0.25, 0.3) is 0 Å². The van der Waals surface area contributed by atoms with Gasteiger partial charge in [0.05, 0.1) is 24.2 Å². The number of hydrogen-bond donors (Lipinski definition) is 13. The number of hydrogen-bond acceptors (Lipinski definition) is 20. The van der Waals surface area contributed by atoms with Crippen molar-refractivity contribution in [2.45, 2.75) is 95.0 Å². The number of nitrogens with one attached hydrogen (secondary N) is 8. The van der Waals surface area contributed by atoms with E-state index in [0.717, 1.165) is 0 Å². The first kappa shape index (κ1) is 92.4. The number of likely N-dealkylation sites (N-methyl/N-ethyl adjacent to an activating group) is 6. The van der Waals surface area contributed by atoms with E-state index in [1.807, 2.05) is 14.1 Å². The Hall–Kier alpha value is 2.77. The molecule has 0 aromatic heterocycles. The number of thiol groups is 5. The summed E-state index contributed by atoms with van der Waals surface area (Å²) in [6.45, 7) is 8.23. The molecule has 0 aromatic carbocycles. The Bertz CT molecular complexity index is 1320. The molecule has 5 amide bonds. The smallest absolute Gasteiger partial charge is 0.241 e. The minimum atomic E-state index is -0.766. The van der Waals surface area contributed by atoms with Crippen LogP contribution in [0, 0.1) is 0 Å². The number of carbonyl (C=O) groups excluding carboxylic acids is 10. The summed E-state index contributed by atoms with van der Waals surface area (Å²) in [7, 11) is 11.9. The second kappa shape index (κ2) is 61.3. The van der Waals surface area contributed by atoms with Gasteiger partial charge in [-0.25, -0.2) is 31.4 Å². The van der Waals surface area contributed by atoms with Crippen molar-refractivity contribution < 1.29 is 211 Å². The van der Waals surface area contributed by atoms with Gasteiger partial charge in [0.15, 0.2) is 0 Å². The molecule has 67 heavy (non-hydrogen) atoms. The van der Waals surface area contributed by atoms with Crippen LogP contribution in [0.5, 0.6) is 0 Å². The molecule has 0 fully saturated rings. The number of nitrogens with zero attached hydrogens (tertiary/aromatic N) is 2. The Morgan fingerprint density at radius 3 is 1.06 bits per heavy atom. The van der Waals surface area contributed by atoms with Gasteiger partial charge in [-0.1, -0.05) is 44.1 Å². The first-order chi connectivity index (χ1) is 29.1. The maximum atomic E-state index is 11.7. The molecule has 0 aromatic rings. The Morgan fingerprint density at radius 1 is 0.448 bits per heavy atom. The largest absolute Gasteiger partial charge is 0.540 e. The minimum absolute atomic E-state index is 0. The normalized spacial score (nSPS) is 13.8. The van der Waals surface area contributed by atoms with Gasteiger partial charge in [0.25, 0.3) is 0 Å². The van der Waals surface area contributed by atoms with Gasteiger partial charge in [0.2, 0.25) is 29.5 Å². The quantitative estimate of drug-likeness (QED) is 0.0310. The molecule has 0 heterocycles. The molecule has 0 bridgehead atoms. The van der Waals surface area contributed by atoms with E-state index in [0.29, 0.717) is 17.3 Å². The minimum Gasteiger partial charge on any atom is -0.540 e. The Morgan fingerprint density at radius 2 is 0.821 bits per heavy atom. The summed E-state index contributed by atoms with van der Waals surface area (Å²) in [5.74, 6) is 0.322. The summed E-state index contributed by atoms with van der Waals surface area (Å²) < 4.78 is 0. The van der Waals surface area contributed by atoms with E-state index >= 15 is 0 Å². The maximum absolute atomic E-state index is 11.7. The topological polar surface area (TPSA) is 273 Å². The average Bonchev–Trinajstić information content (AvgIpc) is 3.27. The molecular formula is C37H69N10O10S5Y5-5. The van der Waals surface area contributed by atoms with E-state index in [2.05, 4.69) is 106 Å². The van der Waals surface area contributed by atoms with Gasteiger partial charge in [-0.2, -0.15) is 63.1 Å². The van der Waals surface area contributed by atoms with Gasteiger partial charge in [0, 0.05) is 182 Å². The molecule has 377 valence electrons. The predicted molar refractivity (Wildman–Crippen MR) is 259 cm³/mol. The SMILES string of the molecule is CC(C(=O)N(C)C([C-]=O)CS)N(C)C.CNC(C)C(=O)NC(CS)C(=O)NC(C)[C-]=O.CNC(C)C(=O)NC([C-]=O)CS.CNC(CS)C(=O)NC(C)[C-]=O.CNC([C-]=O)CS.[Y].[Y].[Y].[Y].[Y]. The molecule has 0 aliphatic heterocycles. The van der Waals surface area contributed by atoms with Crippen molar-refractivity contribution in [3.8, 4) is 0 Å². The van der Waals surface area contributed by atoms with Crippen LogP contribution in [0.2, 0.25) is 0 Å². The first-order valence-corrected chi connectivity index (χ1v) is 22.0. The summed E-state index contributed by atoms with van der Waals surface area (Å²) in [6.07, 6.45) is 8.52. The van der Waals surface area contributed by atoms with Crippen LogP contribution in [0.3, 0.4) is 0 Å². The molecule has 5 radical (unpaired) electrons. The van der Waals surface area contributed by atoms with Gasteiger partial charge in [-0.3, -0.25) is 28.9 Å². The summed E-state index contributed by atoms with van der Waals surface area (Å²) in [5, 5.41) is 20.8. The van der Waals surface area contributed by atoms with Crippen molar-refractivity contribution in [1.82, 2.24) is 52.3 Å². The van der Waals surface area contributed by atoms with E-state index < -0.39 is 42.2 Å². The molecule has 0 aliphatic rings. The van der Waals surface area contributed by atoms with E-state index in [1.54, 1.807) is 99.3 Å². The second-order valence-electron chi connectivity index (χ2n) is 12.9. The Labute approximate surface area is 552 Å². The van der Waals surface area contributed by atoms with E-state index in [1.165, 1.54) is 11.8 Å². The van der Waals surface area contributed by atoms with Gasteiger partial charge < -0.3 is 71.4 Å². The van der Waals surface area contributed by atoms with Gasteiger partial charge >= 0.3 is 0 Å². The third kappa shape index (κ3) is 49.4.